The number of benzene rings is 2. The van der Waals surface area contributed by atoms with E-state index in [0.29, 0.717) is 34.0 Å². The summed E-state index contributed by atoms with van der Waals surface area (Å²) in [4.78, 5) is 29.2. The number of pyridine rings is 1. The molecule has 3 N–H and O–H groups in total. The molecule has 168 valence electrons. The van der Waals surface area contributed by atoms with Crippen molar-refractivity contribution in [2.45, 2.75) is 20.4 Å². The maximum Gasteiger partial charge on any atom is 0.267 e. The maximum absolute atomic E-state index is 13.3. The zero-order valence-electron chi connectivity index (χ0n) is 17.6. The normalized spacial score (nSPS) is 11.1. The van der Waals surface area contributed by atoms with Gasteiger partial charge in [0.2, 0.25) is 0 Å². The molecule has 0 unspecified atom stereocenters. The molecule has 0 aliphatic rings. The number of rotatable bonds is 5. The summed E-state index contributed by atoms with van der Waals surface area (Å²) in [5.41, 5.74) is 8.35. The number of hydrogen-bond acceptors (Lipinski definition) is 4. The highest BCUT2D eigenvalue weighted by Gasteiger charge is 2.21. The van der Waals surface area contributed by atoms with Crippen molar-refractivity contribution in [3.05, 3.63) is 86.5 Å². The molecule has 2 heterocycles. The number of halogens is 3. The van der Waals surface area contributed by atoms with Gasteiger partial charge in [0, 0.05) is 10.4 Å². The van der Waals surface area contributed by atoms with Crippen molar-refractivity contribution in [2.75, 3.05) is 5.32 Å². The minimum absolute atomic E-state index is 0.0997. The Morgan fingerprint density at radius 2 is 1.82 bits per heavy atom. The largest absolute Gasteiger partial charge is 0.364 e. The first-order valence-corrected chi connectivity index (χ1v) is 10.6. The van der Waals surface area contributed by atoms with Crippen LogP contribution < -0.4 is 11.1 Å². The van der Waals surface area contributed by atoms with Crippen LogP contribution in [-0.4, -0.2) is 26.6 Å². The molecule has 0 saturated heterocycles. The van der Waals surface area contributed by atoms with Gasteiger partial charge in [-0.2, -0.15) is 5.10 Å². The Labute approximate surface area is 198 Å². The number of hydrogen-bond donors (Lipinski definition) is 2. The topological polar surface area (TPSA) is 103 Å². The van der Waals surface area contributed by atoms with Gasteiger partial charge in [-0.1, -0.05) is 35.3 Å². The third-order valence-electron chi connectivity index (χ3n) is 5.19. The minimum Gasteiger partial charge on any atom is -0.364 e. The monoisotopic (exact) mass is 485 g/mol. The number of carbonyl (C=O) groups excluding carboxylic acids is 2. The molecule has 2 aromatic carbocycles. The predicted octanol–water partition coefficient (Wildman–Crippen LogP) is 4.89. The Morgan fingerprint density at radius 3 is 2.48 bits per heavy atom. The van der Waals surface area contributed by atoms with Gasteiger partial charge < -0.3 is 11.1 Å². The number of nitrogens with zero attached hydrogens (tertiary/aromatic N) is 3. The fourth-order valence-corrected chi connectivity index (χ4v) is 4.08. The highest BCUT2D eigenvalue weighted by Crippen LogP contribution is 2.30. The number of fused-ring (bicyclic) bond motifs is 1. The highest BCUT2D eigenvalue weighted by molar-refractivity contribution is 6.39. The zero-order valence-corrected chi connectivity index (χ0v) is 19.1. The maximum atomic E-state index is 13.3. The standard InChI is InChI=1S/C23H18Cl2FN5O2/c1-11-20(12(2)31(30-11)10-13-3-5-15(26)6-4-13)29-23(33)17-9-19(22(27)32)28-21-16(17)7-14(24)8-18(21)25/h3-9H,10H2,1-2H3,(H2,27,32)(H,29,33). The number of aromatic nitrogens is 3. The second-order valence-electron chi connectivity index (χ2n) is 7.49. The van der Waals surface area contributed by atoms with Gasteiger partial charge in [0.15, 0.2) is 0 Å². The van der Waals surface area contributed by atoms with Crippen LogP contribution in [0.15, 0.2) is 42.5 Å². The molecule has 7 nitrogen and oxygen atoms in total. The second-order valence-corrected chi connectivity index (χ2v) is 8.33. The fourth-order valence-electron chi connectivity index (χ4n) is 3.54. The molecule has 4 aromatic rings. The lowest BCUT2D eigenvalue weighted by molar-refractivity contribution is 0.0996. The second kappa shape index (κ2) is 8.80. The van der Waals surface area contributed by atoms with Gasteiger partial charge in [-0.05, 0) is 49.7 Å². The lowest BCUT2D eigenvalue weighted by Gasteiger charge is -2.11. The van der Waals surface area contributed by atoms with Gasteiger partial charge in [0.05, 0.1) is 39.7 Å². The van der Waals surface area contributed by atoms with Crippen molar-refractivity contribution in [3.8, 4) is 0 Å². The van der Waals surface area contributed by atoms with Crippen molar-refractivity contribution >= 4 is 51.6 Å². The Morgan fingerprint density at radius 1 is 1.12 bits per heavy atom. The average Bonchev–Trinajstić information content (AvgIpc) is 3.01. The van der Waals surface area contributed by atoms with Gasteiger partial charge in [-0.25, -0.2) is 9.37 Å². The first-order chi connectivity index (χ1) is 15.6. The van der Waals surface area contributed by atoms with E-state index in [-0.39, 0.29) is 27.6 Å². The quantitative estimate of drug-likeness (QED) is 0.419. The van der Waals surface area contributed by atoms with Crippen molar-refractivity contribution < 1.29 is 14.0 Å². The molecule has 4 rings (SSSR count). The molecule has 0 aliphatic carbocycles. The van der Waals surface area contributed by atoms with E-state index in [0.717, 1.165) is 5.56 Å². The lowest BCUT2D eigenvalue weighted by Crippen LogP contribution is -2.18. The predicted molar refractivity (Wildman–Crippen MR) is 125 cm³/mol. The van der Waals surface area contributed by atoms with Crippen LogP contribution in [0.3, 0.4) is 0 Å². The van der Waals surface area contributed by atoms with E-state index in [4.69, 9.17) is 28.9 Å². The van der Waals surface area contributed by atoms with E-state index < -0.39 is 11.8 Å². The summed E-state index contributed by atoms with van der Waals surface area (Å²) in [6.45, 7) is 3.97. The van der Waals surface area contributed by atoms with Crippen LogP contribution in [0.4, 0.5) is 10.1 Å². The van der Waals surface area contributed by atoms with E-state index in [1.165, 1.54) is 24.3 Å². The van der Waals surface area contributed by atoms with E-state index in [2.05, 4.69) is 15.4 Å². The van der Waals surface area contributed by atoms with Gasteiger partial charge in [-0.15, -0.1) is 0 Å². The van der Waals surface area contributed by atoms with Crippen LogP contribution in [0.1, 0.15) is 37.8 Å². The average molecular weight is 486 g/mol. The van der Waals surface area contributed by atoms with Gasteiger partial charge in [-0.3, -0.25) is 14.3 Å². The lowest BCUT2D eigenvalue weighted by atomic mass is 10.1. The van der Waals surface area contributed by atoms with Crippen LogP contribution in [-0.2, 0) is 6.54 Å². The third kappa shape index (κ3) is 4.53. The number of amides is 2. The Balaban J connectivity index is 1.72. The van der Waals surface area contributed by atoms with Crippen LogP contribution in [0.2, 0.25) is 10.0 Å². The molecule has 0 spiro atoms. The molecule has 0 fully saturated rings. The molecule has 10 heteroatoms. The van der Waals surface area contributed by atoms with Crippen molar-refractivity contribution in [3.63, 3.8) is 0 Å². The molecular formula is C23H18Cl2FN5O2. The van der Waals surface area contributed by atoms with Crippen molar-refractivity contribution in [1.82, 2.24) is 14.8 Å². The zero-order chi connectivity index (χ0) is 23.9. The first kappa shape index (κ1) is 22.7. The number of primary amides is 1. The molecule has 0 bridgehead atoms. The van der Waals surface area contributed by atoms with Crippen molar-refractivity contribution in [1.29, 1.82) is 0 Å². The van der Waals surface area contributed by atoms with Crippen LogP contribution in [0, 0.1) is 19.7 Å². The van der Waals surface area contributed by atoms with Crippen LogP contribution >= 0.6 is 23.2 Å². The van der Waals surface area contributed by atoms with Crippen LogP contribution in [0.5, 0.6) is 0 Å². The summed E-state index contributed by atoms with van der Waals surface area (Å²) < 4.78 is 14.9. The summed E-state index contributed by atoms with van der Waals surface area (Å²) in [7, 11) is 0. The highest BCUT2D eigenvalue weighted by atomic mass is 35.5. The summed E-state index contributed by atoms with van der Waals surface area (Å²) in [6.07, 6.45) is 0. The van der Waals surface area contributed by atoms with E-state index >= 15 is 0 Å². The number of aryl methyl sites for hydroxylation is 1. The molecule has 2 aromatic heterocycles. The molecule has 33 heavy (non-hydrogen) atoms. The number of nitrogens with one attached hydrogen (secondary N) is 1. The summed E-state index contributed by atoms with van der Waals surface area (Å²) in [6, 6.07) is 10.4. The number of carbonyl (C=O) groups is 2. The number of nitrogens with two attached hydrogens (primary N) is 1. The molecule has 2 amide bonds. The molecular weight excluding hydrogens is 468 g/mol. The molecule has 0 saturated carbocycles. The minimum atomic E-state index is -0.795. The molecule has 0 atom stereocenters. The molecule has 0 aliphatic heterocycles. The Kier molecular flexibility index (Phi) is 6.05. The summed E-state index contributed by atoms with van der Waals surface area (Å²) in [5.74, 6) is -1.62. The van der Waals surface area contributed by atoms with E-state index in [1.54, 1.807) is 29.8 Å². The number of anilines is 1. The van der Waals surface area contributed by atoms with Gasteiger partial charge >= 0.3 is 0 Å². The Bertz CT molecular complexity index is 1420. The smallest absolute Gasteiger partial charge is 0.267 e. The third-order valence-corrected chi connectivity index (χ3v) is 5.70. The molecule has 0 radical (unpaired) electrons. The fraction of sp³-hybridized carbons (Fsp3) is 0.130. The van der Waals surface area contributed by atoms with E-state index in [9.17, 15) is 14.0 Å². The summed E-state index contributed by atoms with van der Waals surface area (Å²) in [5, 5.41) is 8.23. The van der Waals surface area contributed by atoms with E-state index in [1.807, 2.05) is 6.92 Å². The Hall–Kier alpha value is -3.49. The van der Waals surface area contributed by atoms with Crippen LogP contribution in [0.25, 0.3) is 10.9 Å². The SMILES string of the molecule is Cc1nn(Cc2ccc(F)cc2)c(C)c1NC(=O)c1cc(C(N)=O)nc2c(Cl)cc(Cl)cc12. The summed E-state index contributed by atoms with van der Waals surface area (Å²) >= 11 is 12.4. The van der Waals surface area contributed by atoms with Gasteiger partial charge in [0.1, 0.15) is 11.5 Å². The first-order valence-electron chi connectivity index (χ1n) is 9.83. The van der Waals surface area contributed by atoms with Crippen molar-refractivity contribution in [2.24, 2.45) is 5.73 Å². The van der Waals surface area contributed by atoms with Gasteiger partial charge in [0.25, 0.3) is 11.8 Å².